The van der Waals surface area contributed by atoms with Crippen molar-refractivity contribution in [2.75, 3.05) is 5.75 Å². The zero-order valence-electron chi connectivity index (χ0n) is 19.7. The number of piperidine rings is 1. The number of sulfonamides is 1. The van der Waals surface area contributed by atoms with Gasteiger partial charge < -0.3 is 10.0 Å². The zero-order chi connectivity index (χ0) is 25.7. The number of likely N-dealkylation sites (tertiary alicyclic amines) is 1. The molecule has 0 radical (unpaired) electrons. The van der Waals surface area contributed by atoms with E-state index in [0.29, 0.717) is 12.5 Å². The van der Waals surface area contributed by atoms with E-state index in [1.165, 1.54) is 24.0 Å². The average molecular weight is 511 g/mol. The maximum Gasteiger partial charge on any atom is 0.252 e. The Balaban J connectivity index is 1.71. The first-order chi connectivity index (χ1) is 16.4. The SMILES string of the molecule is CCS(=O)(=O)N[C@@H]1[C@H]2C[C@H]2N(C(=O)[C@H](O)C(C)C)[C@@H]1Cc1cccc(-c2cc(F)cc(F)c2)c1F. The highest BCUT2D eigenvalue weighted by Crippen LogP contribution is 2.49. The van der Waals surface area contributed by atoms with Crippen LogP contribution in [-0.4, -0.2) is 54.3 Å². The van der Waals surface area contributed by atoms with Crippen LogP contribution in [0.3, 0.4) is 0 Å². The molecule has 2 aromatic carbocycles. The number of benzene rings is 2. The minimum atomic E-state index is -3.62. The lowest BCUT2D eigenvalue weighted by Gasteiger charge is -2.34. The third-order valence-electron chi connectivity index (χ3n) is 6.91. The molecular weight excluding hydrogens is 481 g/mol. The highest BCUT2D eigenvalue weighted by molar-refractivity contribution is 7.89. The van der Waals surface area contributed by atoms with E-state index < -0.39 is 51.6 Å². The van der Waals surface area contributed by atoms with E-state index in [0.717, 1.165) is 12.1 Å². The number of fused-ring (bicyclic) bond motifs is 1. The molecule has 1 saturated carbocycles. The molecule has 190 valence electrons. The Morgan fingerprint density at radius 2 is 1.83 bits per heavy atom. The average Bonchev–Trinajstić information content (AvgIpc) is 3.51. The first-order valence-corrected chi connectivity index (χ1v) is 13.3. The van der Waals surface area contributed by atoms with Crippen molar-refractivity contribution in [2.45, 2.75) is 57.8 Å². The van der Waals surface area contributed by atoms with Crippen LogP contribution in [0.2, 0.25) is 0 Å². The van der Waals surface area contributed by atoms with Crippen LogP contribution in [0.15, 0.2) is 36.4 Å². The topological polar surface area (TPSA) is 86.7 Å². The fourth-order valence-electron chi connectivity index (χ4n) is 4.95. The Morgan fingerprint density at radius 1 is 1.17 bits per heavy atom. The largest absolute Gasteiger partial charge is 0.383 e. The van der Waals surface area contributed by atoms with Crippen LogP contribution in [0, 0.1) is 29.3 Å². The minimum Gasteiger partial charge on any atom is -0.383 e. The number of hydrogen-bond donors (Lipinski definition) is 2. The van der Waals surface area contributed by atoms with E-state index in [9.17, 15) is 27.1 Å². The molecule has 1 aliphatic heterocycles. The van der Waals surface area contributed by atoms with Gasteiger partial charge in [-0.1, -0.05) is 32.0 Å². The Labute approximate surface area is 203 Å². The molecule has 0 aromatic heterocycles. The fraction of sp³-hybridized carbons (Fsp3) is 0.480. The number of aliphatic hydroxyl groups excluding tert-OH is 1. The molecule has 0 unspecified atom stereocenters. The third kappa shape index (κ3) is 5.10. The lowest BCUT2D eigenvalue weighted by molar-refractivity contribution is -0.144. The van der Waals surface area contributed by atoms with E-state index in [1.807, 2.05) is 0 Å². The summed E-state index contributed by atoms with van der Waals surface area (Å²) in [5, 5.41) is 10.5. The van der Waals surface area contributed by atoms with Crippen LogP contribution in [-0.2, 0) is 21.2 Å². The summed E-state index contributed by atoms with van der Waals surface area (Å²) in [5.74, 6) is -3.52. The highest BCUT2D eigenvalue weighted by Gasteiger charge is 2.61. The number of nitrogens with zero attached hydrogens (tertiary/aromatic N) is 1. The van der Waals surface area contributed by atoms with E-state index in [1.54, 1.807) is 19.9 Å². The maximum atomic E-state index is 15.6. The Hall–Kier alpha value is -2.43. The molecule has 2 aromatic rings. The van der Waals surface area contributed by atoms with Crippen molar-refractivity contribution in [3.05, 3.63) is 59.4 Å². The third-order valence-corrected chi connectivity index (χ3v) is 8.30. The van der Waals surface area contributed by atoms with Gasteiger partial charge in [-0.25, -0.2) is 26.3 Å². The summed E-state index contributed by atoms with van der Waals surface area (Å²) in [6, 6.07) is 5.61. The van der Waals surface area contributed by atoms with Crippen molar-refractivity contribution in [3.8, 4) is 11.1 Å². The van der Waals surface area contributed by atoms with Crippen molar-refractivity contribution in [3.63, 3.8) is 0 Å². The molecule has 10 heteroatoms. The number of amides is 1. The molecule has 2 aliphatic rings. The molecule has 6 nitrogen and oxygen atoms in total. The van der Waals surface area contributed by atoms with Gasteiger partial charge in [-0.15, -0.1) is 0 Å². The molecule has 1 heterocycles. The van der Waals surface area contributed by atoms with Crippen LogP contribution in [0.1, 0.15) is 32.8 Å². The lowest BCUT2D eigenvalue weighted by Crippen LogP contribution is -2.54. The highest BCUT2D eigenvalue weighted by atomic mass is 32.2. The summed E-state index contributed by atoms with van der Waals surface area (Å²) >= 11 is 0. The summed E-state index contributed by atoms with van der Waals surface area (Å²) in [5.41, 5.74) is 0.202. The quantitative estimate of drug-likeness (QED) is 0.571. The van der Waals surface area contributed by atoms with Crippen LogP contribution in [0.25, 0.3) is 11.1 Å². The smallest absolute Gasteiger partial charge is 0.252 e. The second kappa shape index (κ2) is 9.55. The number of rotatable bonds is 8. The number of nitrogens with one attached hydrogen (secondary N) is 1. The maximum absolute atomic E-state index is 15.6. The van der Waals surface area contributed by atoms with E-state index >= 15 is 4.39 Å². The summed E-state index contributed by atoms with van der Waals surface area (Å²) in [4.78, 5) is 14.7. The van der Waals surface area contributed by atoms with Crippen LogP contribution >= 0.6 is 0 Å². The summed E-state index contributed by atoms with van der Waals surface area (Å²) in [6.45, 7) is 4.91. The molecule has 0 spiro atoms. The molecule has 1 saturated heterocycles. The Kier molecular flexibility index (Phi) is 7.00. The fourth-order valence-corrected chi connectivity index (χ4v) is 5.87. The Morgan fingerprint density at radius 3 is 2.43 bits per heavy atom. The number of halogens is 3. The first kappa shape index (κ1) is 25.7. The normalized spacial score (nSPS) is 24.5. The van der Waals surface area contributed by atoms with Crippen LogP contribution < -0.4 is 4.72 Å². The van der Waals surface area contributed by atoms with Crippen molar-refractivity contribution < 1.29 is 31.5 Å². The lowest BCUT2D eigenvalue weighted by atomic mass is 9.94. The van der Waals surface area contributed by atoms with Gasteiger partial charge >= 0.3 is 0 Å². The van der Waals surface area contributed by atoms with Gasteiger partial charge in [-0.3, -0.25) is 4.79 Å². The molecule has 2 fully saturated rings. The monoisotopic (exact) mass is 510 g/mol. The number of carbonyl (C=O) groups excluding carboxylic acids is 1. The molecule has 5 atom stereocenters. The van der Waals surface area contributed by atoms with E-state index in [-0.39, 0.29) is 46.7 Å². The predicted octanol–water partition coefficient (Wildman–Crippen LogP) is 3.24. The van der Waals surface area contributed by atoms with Crippen molar-refractivity contribution in [1.29, 1.82) is 0 Å². The Bertz CT molecular complexity index is 1220. The predicted molar refractivity (Wildman–Crippen MR) is 125 cm³/mol. The van der Waals surface area contributed by atoms with E-state index in [2.05, 4.69) is 4.72 Å². The van der Waals surface area contributed by atoms with Crippen LogP contribution in [0.5, 0.6) is 0 Å². The van der Waals surface area contributed by atoms with Crippen molar-refractivity contribution >= 4 is 15.9 Å². The van der Waals surface area contributed by atoms with Crippen molar-refractivity contribution in [2.24, 2.45) is 11.8 Å². The summed E-state index contributed by atoms with van der Waals surface area (Å²) in [6.07, 6.45) is -0.709. The van der Waals surface area contributed by atoms with Gasteiger partial charge in [0.05, 0.1) is 11.8 Å². The molecule has 2 N–H and O–H groups in total. The van der Waals surface area contributed by atoms with Gasteiger partial charge in [-0.05, 0) is 54.9 Å². The number of carbonyl (C=O) groups is 1. The van der Waals surface area contributed by atoms with Gasteiger partial charge in [0.25, 0.3) is 5.91 Å². The molecule has 4 rings (SSSR count). The molecule has 1 amide bonds. The van der Waals surface area contributed by atoms with Gasteiger partial charge in [-0.2, -0.15) is 0 Å². The molecule has 35 heavy (non-hydrogen) atoms. The second-order valence-electron chi connectivity index (χ2n) is 9.66. The molecule has 0 bridgehead atoms. The molecule has 1 aliphatic carbocycles. The van der Waals surface area contributed by atoms with Gasteiger partial charge in [0.1, 0.15) is 23.6 Å². The number of hydrogen-bond acceptors (Lipinski definition) is 4. The first-order valence-electron chi connectivity index (χ1n) is 11.7. The zero-order valence-corrected chi connectivity index (χ0v) is 20.5. The minimum absolute atomic E-state index is 0.00478. The van der Waals surface area contributed by atoms with Gasteiger partial charge in [0, 0.05) is 23.7 Å². The number of aliphatic hydroxyl groups is 1. The molecular formula is C25H29F3N2O4S. The second-order valence-corrected chi connectivity index (χ2v) is 11.7. The van der Waals surface area contributed by atoms with E-state index in [4.69, 9.17) is 0 Å². The van der Waals surface area contributed by atoms with Gasteiger partial charge in [0.15, 0.2) is 0 Å². The summed E-state index contributed by atoms with van der Waals surface area (Å²) in [7, 11) is -3.62. The standard InChI is InChI=1S/C25H29F3N2O4S/c1-4-35(33,34)29-23-19-12-20(19)30(25(32)24(31)13(2)3)21(23)10-14-6-5-7-18(22(14)28)15-8-16(26)11-17(27)9-15/h5-9,11,13,19-21,23-24,29,31H,4,10,12H2,1-3H3/t19-,20+,21+,23+,24+/m0/s1. The summed E-state index contributed by atoms with van der Waals surface area (Å²) < 4.78 is 70.6. The van der Waals surface area contributed by atoms with Gasteiger partial charge in [0.2, 0.25) is 10.0 Å². The van der Waals surface area contributed by atoms with Crippen molar-refractivity contribution in [1.82, 2.24) is 9.62 Å². The van der Waals surface area contributed by atoms with Crippen LogP contribution in [0.4, 0.5) is 13.2 Å².